The molecular weight excluding hydrogens is 378 g/mol. The van der Waals surface area contributed by atoms with Crippen molar-refractivity contribution in [3.8, 4) is 11.5 Å². The Bertz CT molecular complexity index is 900. The van der Waals surface area contributed by atoms with E-state index < -0.39 is 0 Å². The second-order valence-corrected chi connectivity index (χ2v) is 6.71. The average Bonchev–Trinajstić information content (AvgIpc) is 3.17. The summed E-state index contributed by atoms with van der Waals surface area (Å²) in [4.78, 5) is 0. The maximum atomic E-state index is 6.19. The van der Waals surface area contributed by atoms with Gasteiger partial charge in [-0.1, -0.05) is 54.3 Å². The van der Waals surface area contributed by atoms with Gasteiger partial charge in [-0.2, -0.15) is 0 Å². The van der Waals surface area contributed by atoms with Crippen molar-refractivity contribution in [1.29, 1.82) is 0 Å². The van der Waals surface area contributed by atoms with E-state index in [1.165, 1.54) is 0 Å². The standard InChI is InChI=1S/C20H24ClN5O2/c1-3-4-11-26-20(23-24-25-26)22-13-15-9-10-18(19(12-15)27-2)28-14-16-7-5-6-8-17(16)21/h5-10,12H,3-4,11,13-14H2,1-2H3,(H,22,23,25). The van der Waals surface area contributed by atoms with E-state index in [-0.39, 0.29) is 0 Å². The number of anilines is 1. The van der Waals surface area contributed by atoms with E-state index in [4.69, 9.17) is 21.1 Å². The van der Waals surface area contributed by atoms with Crippen molar-refractivity contribution in [2.45, 2.75) is 39.5 Å². The molecule has 0 fully saturated rings. The number of ether oxygens (including phenoxy) is 2. The highest BCUT2D eigenvalue weighted by molar-refractivity contribution is 6.31. The van der Waals surface area contributed by atoms with Gasteiger partial charge >= 0.3 is 0 Å². The molecule has 3 rings (SSSR count). The molecule has 28 heavy (non-hydrogen) atoms. The second kappa shape index (κ2) is 9.94. The van der Waals surface area contributed by atoms with Gasteiger partial charge in [-0.05, 0) is 40.6 Å². The first-order valence-electron chi connectivity index (χ1n) is 9.24. The number of rotatable bonds is 10. The van der Waals surface area contributed by atoms with E-state index in [0.717, 1.165) is 30.5 Å². The molecule has 0 bridgehead atoms. The van der Waals surface area contributed by atoms with Gasteiger partial charge in [0.15, 0.2) is 11.5 Å². The maximum absolute atomic E-state index is 6.19. The largest absolute Gasteiger partial charge is 0.493 e. The molecule has 8 heteroatoms. The molecule has 1 aromatic heterocycles. The maximum Gasteiger partial charge on any atom is 0.243 e. The van der Waals surface area contributed by atoms with E-state index in [0.29, 0.717) is 35.6 Å². The number of methoxy groups -OCH3 is 1. The van der Waals surface area contributed by atoms with Gasteiger partial charge in [-0.25, -0.2) is 4.68 Å². The lowest BCUT2D eigenvalue weighted by atomic mass is 10.2. The van der Waals surface area contributed by atoms with E-state index in [2.05, 4.69) is 27.8 Å². The van der Waals surface area contributed by atoms with Gasteiger partial charge in [0.05, 0.1) is 7.11 Å². The molecule has 0 amide bonds. The first-order valence-corrected chi connectivity index (χ1v) is 9.62. The smallest absolute Gasteiger partial charge is 0.243 e. The number of aromatic nitrogens is 4. The van der Waals surface area contributed by atoms with Gasteiger partial charge in [-0.3, -0.25) is 0 Å². The summed E-state index contributed by atoms with van der Waals surface area (Å²) >= 11 is 6.19. The second-order valence-electron chi connectivity index (χ2n) is 6.30. The molecule has 0 aliphatic heterocycles. The zero-order valence-electron chi connectivity index (χ0n) is 16.1. The minimum absolute atomic E-state index is 0.375. The molecule has 3 aromatic rings. The summed E-state index contributed by atoms with van der Waals surface area (Å²) < 4.78 is 13.2. The van der Waals surface area contributed by atoms with Crippen LogP contribution >= 0.6 is 11.6 Å². The van der Waals surface area contributed by atoms with Crippen molar-refractivity contribution >= 4 is 17.5 Å². The molecular formula is C20H24ClN5O2. The monoisotopic (exact) mass is 401 g/mol. The highest BCUT2D eigenvalue weighted by Gasteiger charge is 2.09. The number of benzene rings is 2. The number of hydrogen-bond acceptors (Lipinski definition) is 6. The zero-order chi connectivity index (χ0) is 19.8. The van der Waals surface area contributed by atoms with E-state index >= 15 is 0 Å². The van der Waals surface area contributed by atoms with Crippen LogP contribution in [-0.4, -0.2) is 27.3 Å². The molecule has 0 saturated carbocycles. The van der Waals surface area contributed by atoms with Gasteiger partial charge in [0.2, 0.25) is 5.95 Å². The number of unbranched alkanes of at least 4 members (excludes halogenated alkanes) is 1. The van der Waals surface area contributed by atoms with Crippen LogP contribution in [0, 0.1) is 0 Å². The lowest BCUT2D eigenvalue weighted by molar-refractivity contribution is 0.284. The fraction of sp³-hybridized carbons (Fsp3) is 0.350. The molecule has 0 unspecified atom stereocenters. The minimum Gasteiger partial charge on any atom is -0.493 e. The van der Waals surface area contributed by atoms with Crippen molar-refractivity contribution in [1.82, 2.24) is 20.2 Å². The Morgan fingerprint density at radius 2 is 2.00 bits per heavy atom. The van der Waals surface area contributed by atoms with Crippen LogP contribution in [-0.2, 0) is 19.7 Å². The quantitative estimate of drug-likeness (QED) is 0.545. The van der Waals surface area contributed by atoms with Crippen molar-refractivity contribution in [2.75, 3.05) is 12.4 Å². The van der Waals surface area contributed by atoms with Crippen LogP contribution in [0.4, 0.5) is 5.95 Å². The highest BCUT2D eigenvalue weighted by atomic mass is 35.5. The summed E-state index contributed by atoms with van der Waals surface area (Å²) in [5.41, 5.74) is 1.96. The number of hydrogen-bond donors (Lipinski definition) is 1. The Morgan fingerprint density at radius 3 is 2.79 bits per heavy atom. The normalized spacial score (nSPS) is 10.7. The molecule has 0 aliphatic carbocycles. The van der Waals surface area contributed by atoms with E-state index in [1.807, 2.05) is 42.5 Å². The predicted molar refractivity (Wildman–Crippen MR) is 109 cm³/mol. The number of tetrazole rings is 1. The molecule has 0 aliphatic rings. The summed E-state index contributed by atoms with van der Waals surface area (Å²) in [6.07, 6.45) is 2.12. The van der Waals surface area contributed by atoms with Crippen LogP contribution < -0.4 is 14.8 Å². The Morgan fingerprint density at radius 1 is 1.14 bits per heavy atom. The van der Waals surface area contributed by atoms with Crippen molar-refractivity contribution in [3.63, 3.8) is 0 Å². The molecule has 1 heterocycles. The summed E-state index contributed by atoms with van der Waals surface area (Å²) in [6.45, 7) is 3.89. The predicted octanol–water partition coefficient (Wildman–Crippen LogP) is 4.33. The van der Waals surface area contributed by atoms with Gasteiger partial charge < -0.3 is 14.8 Å². The topological polar surface area (TPSA) is 74.1 Å². The SMILES string of the molecule is CCCCn1nnnc1NCc1ccc(OCc2ccccc2Cl)c(OC)c1. The van der Waals surface area contributed by atoms with E-state index in [1.54, 1.807) is 11.8 Å². The summed E-state index contributed by atoms with van der Waals surface area (Å²) in [7, 11) is 1.63. The van der Waals surface area contributed by atoms with Gasteiger partial charge in [0.25, 0.3) is 0 Å². The molecule has 0 spiro atoms. The van der Waals surface area contributed by atoms with Gasteiger partial charge in [-0.15, -0.1) is 0 Å². The van der Waals surface area contributed by atoms with Crippen LogP contribution in [0.3, 0.4) is 0 Å². The third kappa shape index (κ3) is 5.13. The van der Waals surface area contributed by atoms with Crippen LogP contribution in [0.15, 0.2) is 42.5 Å². The average molecular weight is 402 g/mol. The van der Waals surface area contributed by atoms with Crippen LogP contribution in [0.2, 0.25) is 5.02 Å². The molecule has 0 radical (unpaired) electrons. The summed E-state index contributed by atoms with van der Waals surface area (Å²) in [5.74, 6) is 1.99. The zero-order valence-corrected chi connectivity index (χ0v) is 16.8. The van der Waals surface area contributed by atoms with Crippen LogP contribution in [0.25, 0.3) is 0 Å². The van der Waals surface area contributed by atoms with E-state index in [9.17, 15) is 0 Å². The van der Waals surface area contributed by atoms with Crippen LogP contribution in [0.5, 0.6) is 11.5 Å². The lowest BCUT2D eigenvalue weighted by Crippen LogP contribution is -2.09. The molecule has 7 nitrogen and oxygen atoms in total. The fourth-order valence-corrected chi connectivity index (χ4v) is 2.87. The molecule has 0 atom stereocenters. The van der Waals surface area contributed by atoms with Gasteiger partial charge in [0.1, 0.15) is 6.61 Å². The number of halogens is 1. The third-order valence-electron chi connectivity index (χ3n) is 4.28. The van der Waals surface area contributed by atoms with Crippen molar-refractivity contribution in [3.05, 3.63) is 58.6 Å². The minimum atomic E-state index is 0.375. The lowest BCUT2D eigenvalue weighted by Gasteiger charge is -2.13. The van der Waals surface area contributed by atoms with Crippen molar-refractivity contribution < 1.29 is 9.47 Å². The Balaban J connectivity index is 1.63. The first kappa shape index (κ1) is 19.9. The number of nitrogens with one attached hydrogen (secondary N) is 1. The summed E-state index contributed by atoms with van der Waals surface area (Å²) in [6, 6.07) is 13.4. The molecule has 148 valence electrons. The molecule has 1 N–H and O–H groups in total. The fourth-order valence-electron chi connectivity index (χ4n) is 2.68. The Kier molecular flexibility index (Phi) is 7.08. The van der Waals surface area contributed by atoms with Crippen molar-refractivity contribution in [2.24, 2.45) is 0 Å². The number of nitrogens with zero attached hydrogens (tertiary/aromatic N) is 4. The molecule has 0 saturated heterocycles. The third-order valence-corrected chi connectivity index (χ3v) is 4.64. The first-order chi connectivity index (χ1) is 13.7. The van der Waals surface area contributed by atoms with Gasteiger partial charge in [0, 0.05) is 23.7 Å². The Hall–Kier alpha value is -2.80. The highest BCUT2D eigenvalue weighted by Crippen LogP contribution is 2.29. The molecule has 2 aromatic carbocycles. The van der Waals surface area contributed by atoms with Crippen LogP contribution in [0.1, 0.15) is 30.9 Å². The Labute approximate surface area is 169 Å². The summed E-state index contributed by atoms with van der Waals surface area (Å²) in [5, 5.41) is 15.7. The number of aryl methyl sites for hydroxylation is 1.